The van der Waals surface area contributed by atoms with Crippen LogP contribution in [-0.4, -0.2) is 35.1 Å². The van der Waals surface area contributed by atoms with Gasteiger partial charge < -0.3 is 21.9 Å². The number of hydrogen-bond acceptors (Lipinski definition) is 4. The normalized spacial score (nSPS) is 17.2. The number of hydrogen-bond donors (Lipinski definition) is 4. The zero-order valence-electron chi connectivity index (χ0n) is 7.65. The zero-order valence-corrected chi connectivity index (χ0v) is 7.65. The fourth-order valence-corrected chi connectivity index (χ4v) is 0.610. The van der Waals surface area contributed by atoms with Crippen molar-refractivity contribution in [3.8, 4) is 0 Å². The molecule has 76 valence electrons. The molecule has 3 unspecified atom stereocenters. The molecule has 0 aromatic heterocycles. The molecule has 0 aliphatic heterocycles. The van der Waals surface area contributed by atoms with Crippen LogP contribution in [0, 0.1) is 0 Å². The fraction of sp³-hybridized carbons (Fsp3) is 0.714. The van der Waals surface area contributed by atoms with Gasteiger partial charge in [-0.25, -0.2) is 0 Å². The SMILES string of the molecule is CC(NC(=O)C(N)C(C)N)C(=O)O. The Morgan fingerprint density at radius 2 is 1.77 bits per heavy atom. The quantitative estimate of drug-likeness (QED) is 0.418. The highest BCUT2D eigenvalue weighted by atomic mass is 16.4. The van der Waals surface area contributed by atoms with Gasteiger partial charge in [-0.3, -0.25) is 9.59 Å². The average Bonchev–Trinajstić information content (AvgIpc) is 2.02. The molecule has 3 atom stereocenters. The van der Waals surface area contributed by atoms with E-state index in [4.69, 9.17) is 16.6 Å². The van der Waals surface area contributed by atoms with Crippen molar-refractivity contribution in [3.05, 3.63) is 0 Å². The molecule has 0 saturated heterocycles. The summed E-state index contributed by atoms with van der Waals surface area (Å²) in [5.74, 6) is -1.66. The Hall–Kier alpha value is -1.14. The maximum atomic E-state index is 11.1. The summed E-state index contributed by atoms with van der Waals surface area (Å²) in [5.41, 5.74) is 10.7. The number of nitrogens with two attached hydrogens (primary N) is 2. The lowest BCUT2D eigenvalue weighted by molar-refractivity contribution is -0.141. The molecule has 0 heterocycles. The lowest BCUT2D eigenvalue weighted by Gasteiger charge is -2.17. The minimum absolute atomic E-state index is 0.499. The Morgan fingerprint density at radius 3 is 2.08 bits per heavy atom. The predicted octanol–water partition coefficient (Wildman–Crippen LogP) is -1.75. The van der Waals surface area contributed by atoms with E-state index in [0.717, 1.165) is 0 Å². The molecular formula is C7H15N3O3. The third-order valence-electron chi connectivity index (χ3n) is 1.60. The van der Waals surface area contributed by atoms with Gasteiger partial charge in [-0.2, -0.15) is 0 Å². The van der Waals surface area contributed by atoms with Crippen LogP contribution in [0.5, 0.6) is 0 Å². The summed E-state index contributed by atoms with van der Waals surface area (Å²) >= 11 is 0. The summed E-state index contributed by atoms with van der Waals surface area (Å²) in [6.45, 7) is 2.93. The lowest BCUT2D eigenvalue weighted by Crippen LogP contribution is -2.53. The van der Waals surface area contributed by atoms with Crippen LogP contribution in [0.4, 0.5) is 0 Å². The first-order chi connectivity index (χ1) is 5.86. The van der Waals surface area contributed by atoms with Gasteiger partial charge in [0.2, 0.25) is 5.91 Å². The van der Waals surface area contributed by atoms with Gasteiger partial charge in [0.25, 0.3) is 0 Å². The zero-order chi connectivity index (χ0) is 10.6. The second-order valence-electron chi connectivity index (χ2n) is 2.95. The van der Waals surface area contributed by atoms with E-state index in [1.165, 1.54) is 6.92 Å². The minimum Gasteiger partial charge on any atom is -0.480 e. The van der Waals surface area contributed by atoms with Gasteiger partial charge in [-0.1, -0.05) is 0 Å². The van der Waals surface area contributed by atoms with Gasteiger partial charge in [-0.05, 0) is 13.8 Å². The highest BCUT2D eigenvalue weighted by Gasteiger charge is 2.21. The molecule has 13 heavy (non-hydrogen) atoms. The second-order valence-corrected chi connectivity index (χ2v) is 2.95. The van der Waals surface area contributed by atoms with Crippen molar-refractivity contribution in [2.24, 2.45) is 11.5 Å². The van der Waals surface area contributed by atoms with Crippen LogP contribution < -0.4 is 16.8 Å². The first-order valence-electron chi connectivity index (χ1n) is 3.90. The first kappa shape index (κ1) is 11.9. The Bertz CT molecular complexity index is 205. The molecule has 6 nitrogen and oxygen atoms in total. The van der Waals surface area contributed by atoms with E-state index in [0.29, 0.717) is 0 Å². The molecule has 6 N–H and O–H groups in total. The van der Waals surface area contributed by atoms with Crippen molar-refractivity contribution < 1.29 is 14.7 Å². The number of nitrogens with one attached hydrogen (secondary N) is 1. The molecular weight excluding hydrogens is 174 g/mol. The maximum Gasteiger partial charge on any atom is 0.325 e. The molecule has 1 amide bonds. The lowest BCUT2D eigenvalue weighted by atomic mass is 10.1. The standard InChI is InChI=1S/C7H15N3O3/c1-3(8)5(9)6(11)10-4(2)7(12)13/h3-5H,8-9H2,1-2H3,(H,10,11)(H,12,13). The smallest absolute Gasteiger partial charge is 0.325 e. The summed E-state index contributed by atoms with van der Waals surface area (Å²) in [4.78, 5) is 21.5. The second kappa shape index (κ2) is 4.78. The van der Waals surface area contributed by atoms with Crippen LogP contribution in [0.15, 0.2) is 0 Å². The van der Waals surface area contributed by atoms with Crippen molar-refractivity contribution >= 4 is 11.9 Å². The van der Waals surface area contributed by atoms with Crippen molar-refractivity contribution in [2.75, 3.05) is 0 Å². The van der Waals surface area contributed by atoms with Crippen LogP contribution in [0.1, 0.15) is 13.8 Å². The van der Waals surface area contributed by atoms with Gasteiger partial charge in [0.15, 0.2) is 0 Å². The predicted molar refractivity (Wildman–Crippen MR) is 46.9 cm³/mol. The summed E-state index contributed by atoms with van der Waals surface area (Å²) in [6.07, 6.45) is 0. The van der Waals surface area contributed by atoms with E-state index in [-0.39, 0.29) is 0 Å². The average molecular weight is 189 g/mol. The largest absolute Gasteiger partial charge is 0.480 e. The summed E-state index contributed by atoms with van der Waals surface area (Å²) in [6, 6.07) is -2.32. The van der Waals surface area contributed by atoms with E-state index >= 15 is 0 Å². The number of carboxylic acids is 1. The molecule has 0 aliphatic rings. The van der Waals surface area contributed by atoms with Gasteiger partial charge in [0.05, 0.1) is 6.04 Å². The van der Waals surface area contributed by atoms with E-state index in [9.17, 15) is 9.59 Å². The molecule has 0 aromatic carbocycles. The van der Waals surface area contributed by atoms with E-state index in [2.05, 4.69) is 5.32 Å². The van der Waals surface area contributed by atoms with Crippen LogP contribution in [0.25, 0.3) is 0 Å². The molecule has 0 radical (unpaired) electrons. The Balaban J connectivity index is 4.08. The highest BCUT2D eigenvalue weighted by Crippen LogP contribution is 1.88. The number of carbonyl (C=O) groups is 2. The molecule has 0 aromatic rings. The number of rotatable bonds is 4. The Kier molecular flexibility index (Phi) is 4.36. The molecule has 0 aliphatic carbocycles. The van der Waals surface area contributed by atoms with Crippen molar-refractivity contribution in [2.45, 2.75) is 32.0 Å². The topological polar surface area (TPSA) is 118 Å². The van der Waals surface area contributed by atoms with Gasteiger partial charge in [0, 0.05) is 6.04 Å². The number of aliphatic carboxylic acids is 1. The third-order valence-corrected chi connectivity index (χ3v) is 1.60. The summed E-state index contributed by atoms with van der Waals surface area (Å²) in [5, 5.41) is 10.7. The summed E-state index contributed by atoms with van der Waals surface area (Å²) in [7, 11) is 0. The summed E-state index contributed by atoms with van der Waals surface area (Å²) < 4.78 is 0. The first-order valence-corrected chi connectivity index (χ1v) is 3.90. The van der Waals surface area contributed by atoms with Crippen LogP contribution in [-0.2, 0) is 9.59 Å². The minimum atomic E-state index is -1.11. The Morgan fingerprint density at radius 1 is 1.31 bits per heavy atom. The van der Waals surface area contributed by atoms with E-state index in [1.54, 1.807) is 6.92 Å². The van der Waals surface area contributed by atoms with E-state index in [1.807, 2.05) is 0 Å². The molecule has 6 heteroatoms. The number of carboxylic acid groups (broad SMARTS) is 1. The number of carbonyl (C=O) groups excluding carboxylic acids is 1. The molecule has 0 bridgehead atoms. The van der Waals surface area contributed by atoms with Gasteiger partial charge >= 0.3 is 5.97 Å². The van der Waals surface area contributed by atoms with Crippen LogP contribution in [0.3, 0.4) is 0 Å². The molecule has 0 spiro atoms. The van der Waals surface area contributed by atoms with E-state index < -0.39 is 30.0 Å². The third kappa shape index (κ3) is 3.86. The van der Waals surface area contributed by atoms with Gasteiger partial charge in [0.1, 0.15) is 6.04 Å². The molecule has 0 rings (SSSR count). The van der Waals surface area contributed by atoms with Gasteiger partial charge in [-0.15, -0.1) is 0 Å². The highest BCUT2D eigenvalue weighted by molar-refractivity contribution is 5.86. The van der Waals surface area contributed by atoms with Crippen molar-refractivity contribution in [3.63, 3.8) is 0 Å². The monoisotopic (exact) mass is 189 g/mol. The van der Waals surface area contributed by atoms with Crippen LogP contribution >= 0.6 is 0 Å². The molecule has 0 saturated carbocycles. The molecule has 0 fully saturated rings. The Labute approximate surface area is 76.3 Å². The maximum absolute atomic E-state index is 11.1. The van der Waals surface area contributed by atoms with Crippen LogP contribution in [0.2, 0.25) is 0 Å². The fourth-order valence-electron chi connectivity index (χ4n) is 0.610. The number of amides is 1. The van der Waals surface area contributed by atoms with Crippen molar-refractivity contribution in [1.82, 2.24) is 5.32 Å². The van der Waals surface area contributed by atoms with Crippen molar-refractivity contribution in [1.29, 1.82) is 0 Å².